The highest BCUT2D eigenvalue weighted by Crippen LogP contribution is 2.01. The molecule has 0 spiro atoms. The van der Waals surface area contributed by atoms with E-state index in [2.05, 4.69) is 34.2 Å². The fourth-order valence-electron chi connectivity index (χ4n) is 1.59. The standard InChI is InChI=1S/C12H20ClN3/c1-11-10-12(2)16(15-11)9-5-8-14-7-4-3-6-13/h3-4,10,14H,5-9H2,1-2H3/b4-3+. The van der Waals surface area contributed by atoms with Crippen LogP contribution in [0.4, 0.5) is 0 Å². The van der Waals surface area contributed by atoms with Crippen molar-refractivity contribution in [2.45, 2.75) is 26.8 Å². The van der Waals surface area contributed by atoms with Gasteiger partial charge in [-0.05, 0) is 32.9 Å². The van der Waals surface area contributed by atoms with Gasteiger partial charge in [-0.25, -0.2) is 0 Å². The molecule has 0 bridgehead atoms. The van der Waals surface area contributed by atoms with Gasteiger partial charge in [0.2, 0.25) is 0 Å². The maximum atomic E-state index is 5.52. The molecule has 0 aromatic carbocycles. The zero-order chi connectivity index (χ0) is 11.8. The first-order chi connectivity index (χ1) is 7.74. The average molecular weight is 242 g/mol. The van der Waals surface area contributed by atoms with Crippen molar-refractivity contribution >= 4 is 11.6 Å². The zero-order valence-electron chi connectivity index (χ0n) is 10.0. The van der Waals surface area contributed by atoms with Gasteiger partial charge < -0.3 is 5.32 Å². The summed E-state index contributed by atoms with van der Waals surface area (Å²) in [5.41, 5.74) is 2.33. The zero-order valence-corrected chi connectivity index (χ0v) is 10.8. The number of hydrogen-bond acceptors (Lipinski definition) is 2. The van der Waals surface area contributed by atoms with Gasteiger partial charge in [0.05, 0.1) is 5.69 Å². The van der Waals surface area contributed by atoms with Gasteiger partial charge in [0.1, 0.15) is 0 Å². The molecule has 16 heavy (non-hydrogen) atoms. The normalized spacial score (nSPS) is 11.4. The summed E-state index contributed by atoms with van der Waals surface area (Å²) in [6.07, 6.45) is 5.10. The fraction of sp³-hybridized carbons (Fsp3) is 0.583. The Morgan fingerprint density at radius 1 is 1.44 bits per heavy atom. The van der Waals surface area contributed by atoms with E-state index in [0.29, 0.717) is 5.88 Å². The van der Waals surface area contributed by atoms with E-state index in [-0.39, 0.29) is 0 Å². The minimum absolute atomic E-state index is 0.591. The molecule has 1 rings (SSSR count). The van der Waals surface area contributed by atoms with Crippen LogP contribution in [0.5, 0.6) is 0 Å². The third-order valence-electron chi connectivity index (χ3n) is 2.34. The molecule has 1 aromatic rings. The second-order valence-corrected chi connectivity index (χ2v) is 4.14. The average Bonchev–Trinajstić information content (AvgIpc) is 2.56. The minimum atomic E-state index is 0.591. The van der Waals surface area contributed by atoms with Gasteiger partial charge in [-0.1, -0.05) is 12.2 Å². The van der Waals surface area contributed by atoms with Gasteiger partial charge in [-0.2, -0.15) is 5.10 Å². The summed E-state index contributed by atoms with van der Waals surface area (Å²) in [5.74, 6) is 0.591. The Bertz CT molecular complexity index is 331. The third-order valence-corrected chi connectivity index (χ3v) is 2.52. The molecule has 0 amide bonds. The maximum Gasteiger partial charge on any atom is 0.0596 e. The number of hydrogen-bond donors (Lipinski definition) is 1. The molecule has 90 valence electrons. The number of alkyl halides is 1. The molecular weight excluding hydrogens is 222 g/mol. The number of nitrogens with zero attached hydrogens (tertiary/aromatic N) is 2. The van der Waals surface area contributed by atoms with Crippen molar-refractivity contribution in [3.05, 3.63) is 29.6 Å². The Balaban J connectivity index is 2.11. The molecule has 0 atom stereocenters. The van der Waals surface area contributed by atoms with Gasteiger partial charge in [-0.3, -0.25) is 4.68 Å². The smallest absolute Gasteiger partial charge is 0.0596 e. The van der Waals surface area contributed by atoms with Crippen LogP contribution in [-0.4, -0.2) is 28.8 Å². The minimum Gasteiger partial charge on any atom is -0.313 e. The summed E-state index contributed by atoms with van der Waals surface area (Å²) in [5, 5.41) is 7.75. The molecule has 0 unspecified atom stereocenters. The summed E-state index contributed by atoms with van der Waals surface area (Å²) >= 11 is 5.52. The lowest BCUT2D eigenvalue weighted by Crippen LogP contribution is -2.17. The third kappa shape index (κ3) is 4.81. The molecule has 0 fully saturated rings. The van der Waals surface area contributed by atoms with E-state index in [0.717, 1.165) is 31.7 Å². The van der Waals surface area contributed by atoms with Crippen molar-refractivity contribution < 1.29 is 0 Å². The molecular formula is C12H20ClN3. The lowest BCUT2D eigenvalue weighted by molar-refractivity contribution is 0.542. The lowest BCUT2D eigenvalue weighted by Gasteiger charge is -2.04. The van der Waals surface area contributed by atoms with Crippen LogP contribution >= 0.6 is 11.6 Å². The number of allylic oxidation sites excluding steroid dienone is 1. The number of halogens is 1. The predicted molar refractivity (Wildman–Crippen MR) is 69.0 cm³/mol. The van der Waals surface area contributed by atoms with Gasteiger partial charge in [0.25, 0.3) is 0 Å². The SMILES string of the molecule is Cc1cc(C)n(CCCNC/C=C/CCl)n1. The van der Waals surface area contributed by atoms with E-state index < -0.39 is 0 Å². The second kappa shape index (κ2) is 7.47. The van der Waals surface area contributed by atoms with Crippen LogP contribution in [0.15, 0.2) is 18.2 Å². The summed E-state index contributed by atoms with van der Waals surface area (Å²) in [6.45, 7) is 7.00. The molecule has 0 saturated heterocycles. The van der Waals surface area contributed by atoms with Crippen LogP contribution in [0.3, 0.4) is 0 Å². The van der Waals surface area contributed by atoms with Crippen molar-refractivity contribution in [1.29, 1.82) is 0 Å². The molecule has 1 heterocycles. The van der Waals surface area contributed by atoms with E-state index in [9.17, 15) is 0 Å². The first kappa shape index (κ1) is 13.3. The first-order valence-corrected chi connectivity index (χ1v) is 6.20. The highest BCUT2D eigenvalue weighted by Gasteiger charge is 1.99. The van der Waals surface area contributed by atoms with E-state index in [1.54, 1.807) is 0 Å². The number of aromatic nitrogens is 2. The van der Waals surface area contributed by atoms with Gasteiger partial charge in [0.15, 0.2) is 0 Å². The Hall–Kier alpha value is -0.800. The number of nitrogens with one attached hydrogen (secondary N) is 1. The monoisotopic (exact) mass is 241 g/mol. The van der Waals surface area contributed by atoms with Crippen molar-refractivity contribution in [3.8, 4) is 0 Å². The van der Waals surface area contributed by atoms with Crippen LogP contribution in [0.25, 0.3) is 0 Å². The number of rotatable bonds is 7. The summed E-state index contributed by atoms with van der Waals surface area (Å²) in [7, 11) is 0. The van der Waals surface area contributed by atoms with Crippen LogP contribution < -0.4 is 5.32 Å². The Kier molecular flexibility index (Phi) is 6.19. The second-order valence-electron chi connectivity index (χ2n) is 3.83. The molecule has 0 aliphatic carbocycles. The van der Waals surface area contributed by atoms with Gasteiger partial charge in [-0.15, -0.1) is 11.6 Å². The van der Waals surface area contributed by atoms with Gasteiger partial charge in [0, 0.05) is 24.7 Å². The molecule has 0 aliphatic heterocycles. The molecule has 0 saturated carbocycles. The van der Waals surface area contributed by atoms with E-state index in [1.807, 2.05) is 13.0 Å². The van der Waals surface area contributed by atoms with Crippen LogP contribution in [0.1, 0.15) is 17.8 Å². The molecule has 4 heteroatoms. The first-order valence-electron chi connectivity index (χ1n) is 5.66. The van der Waals surface area contributed by atoms with E-state index >= 15 is 0 Å². The van der Waals surface area contributed by atoms with E-state index in [4.69, 9.17) is 11.6 Å². The van der Waals surface area contributed by atoms with Gasteiger partial charge >= 0.3 is 0 Å². The van der Waals surface area contributed by atoms with E-state index in [1.165, 1.54) is 5.69 Å². The highest BCUT2D eigenvalue weighted by atomic mass is 35.5. The summed E-state index contributed by atoms with van der Waals surface area (Å²) in [4.78, 5) is 0. The Morgan fingerprint density at radius 2 is 2.25 bits per heavy atom. The van der Waals surface area contributed by atoms with Crippen LogP contribution in [0, 0.1) is 13.8 Å². The Labute approximate surface area is 102 Å². The van der Waals surface area contributed by atoms with Crippen LogP contribution in [0.2, 0.25) is 0 Å². The summed E-state index contributed by atoms with van der Waals surface area (Å²) in [6, 6.07) is 2.11. The topological polar surface area (TPSA) is 29.9 Å². The Morgan fingerprint density at radius 3 is 2.88 bits per heavy atom. The predicted octanol–water partition coefficient (Wildman–Crippen LogP) is 2.27. The van der Waals surface area contributed by atoms with Crippen LogP contribution in [-0.2, 0) is 6.54 Å². The van der Waals surface area contributed by atoms with Crippen molar-refractivity contribution in [3.63, 3.8) is 0 Å². The summed E-state index contributed by atoms with van der Waals surface area (Å²) < 4.78 is 2.06. The number of aryl methyl sites for hydroxylation is 3. The molecule has 1 N–H and O–H groups in total. The van der Waals surface area contributed by atoms with Crippen molar-refractivity contribution in [2.75, 3.05) is 19.0 Å². The van der Waals surface area contributed by atoms with Crippen molar-refractivity contribution in [2.24, 2.45) is 0 Å². The molecule has 3 nitrogen and oxygen atoms in total. The maximum absolute atomic E-state index is 5.52. The largest absolute Gasteiger partial charge is 0.313 e. The van der Waals surface area contributed by atoms with Crippen molar-refractivity contribution in [1.82, 2.24) is 15.1 Å². The fourth-order valence-corrected chi connectivity index (χ4v) is 1.71. The molecule has 0 radical (unpaired) electrons. The molecule has 1 aromatic heterocycles. The highest BCUT2D eigenvalue weighted by molar-refractivity contribution is 6.18. The lowest BCUT2D eigenvalue weighted by atomic mass is 10.4. The molecule has 0 aliphatic rings. The quantitative estimate of drug-likeness (QED) is 0.451.